The van der Waals surface area contributed by atoms with Crippen LogP contribution < -0.4 is 5.56 Å². The van der Waals surface area contributed by atoms with Gasteiger partial charge in [0.05, 0.1) is 6.33 Å². The van der Waals surface area contributed by atoms with Crippen LogP contribution >= 0.6 is 11.6 Å². The highest BCUT2D eigenvalue weighted by Crippen LogP contribution is 1.99. The zero-order chi connectivity index (χ0) is 11.5. The average Bonchev–Trinajstić information content (AvgIpc) is 2.63. The Morgan fingerprint density at radius 1 is 1.44 bits per heavy atom. The summed E-state index contributed by atoms with van der Waals surface area (Å²) in [6, 6.07) is 1.31. The van der Waals surface area contributed by atoms with E-state index in [4.69, 9.17) is 11.6 Å². The first kappa shape index (κ1) is 10.9. The summed E-state index contributed by atoms with van der Waals surface area (Å²) in [5.74, 6) is 0.932. The van der Waals surface area contributed by atoms with Gasteiger partial charge in [-0.2, -0.15) is 0 Å². The zero-order valence-electron chi connectivity index (χ0n) is 8.80. The molecule has 0 aliphatic carbocycles. The lowest BCUT2D eigenvalue weighted by atomic mass is 10.4. The largest absolute Gasteiger partial charge is 0.338 e. The number of halogens is 1. The molecule has 0 saturated heterocycles. The molecule has 0 unspecified atom stereocenters. The van der Waals surface area contributed by atoms with E-state index in [2.05, 4.69) is 9.97 Å². The minimum absolute atomic E-state index is 0.144. The monoisotopic (exact) mass is 238 g/mol. The van der Waals surface area contributed by atoms with Crippen LogP contribution in [0.15, 0.2) is 29.6 Å². The highest BCUT2D eigenvalue weighted by Gasteiger charge is 2.02. The Balaban J connectivity index is 2.11. The summed E-state index contributed by atoms with van der Waals surface area (Å²) in [5.41, 5.74) is -0.144. The lowest BCUT2D eigenvalue weighted by Gasteiger charge is -2.04. The molecule has 16 heavy (non-hydrogen) atoms. The summed E-state index contributed by atoms with van der Waals surface area (Å²) in [6.45, 7) is 0.549. The van der Waals surface area contributed by atoms with Gasteiger partial charge in [-0.1, -0.05) is 11.6 Å². The maximum absolute atomic E-state index is 11.5. The number of hydrogen-bond donors (Lipinski definition) is 0. The van der Waals surface area contributed by atoms with Crippen LogP contribution in [0.4, 0.5) is 0 Å². The first-order valence-corrected chi connectivity index (χ1v) is 5.23. The topological polar surface area (TPSA) is 52.7 Å². The van der Waals surface area contributed by atoms with Gasteiger partial charge in [-0.05, 0) is 0 Å². The Hall–Kier alpha value is -1.62. The maximum atomic E-state index is 11.5. The van der Waals surface area contributed by atoms with Crippen molar-refractivity contribution in [2.75, 3.05) is 0 Å². The normalized spacial score (nSPS) is 10.6. The van der Waals surface area contributed by atoms with Crippen molar-refractivity contribution in [2.24, 2.45) is 7.05 Å². The molecule has 6 heteroatoms. The highest BCUT2D eigenvalue weighted by molar-refractivity contribution is 6.29. The Morgan fingerprint density at radius 3 is 2.88 bits per heavy atom. The molecule has 0 saturated carbocycles. The molecule has 2 heterocycles. The van der Waals surface area contributed by atoms with Gasteiger partial charge in [0.15, 0.2) is 0 Å². The van der Waals surface area contributed by atoms with Gasteiger partial charge in [0.2, 0.25) is 0 Å². The zero-order valence-corrected chi connectivity index (χ0v) is 9.55. The van der Waals surface area contributed by atoms with Crippen molar-refractivity contribution in [1.29, 1.82) is 0 Å². The standard InChI is InChI=1S/C10H11ClN4O/c1-14-5-3-12-9(14)2-4-15-7-13-8(11)6-10(15)16/h3,5-7H,2,4H2,1H3. The van der Waals surface area contributed by atoms with E-state index in [9.17, 15) is 4.79 Å². The number of aryl methyl sites for hydroxylation is 3. The van der Waals surface area contributed by atoms with E-state index in [0.29, 0.717) is 13.0 Å². The van der Waals surface area contributed by atoms with Gasteiger partial charge in [-0.15, -0.1) is 0 Å². The number of rotatable bonds is 3. The van der Waals surface area contributed by atoms with Crippen LogP contribution in [0, 0.1) is 0 Å². The molecule has 0 amide bonds. The van der Waals surface area contributed by atoms with Crippen molar-refractivity contribution >= 4 is 11.6 Å². The van der Waals surface area contributed by atoms with E-state index < -0.39 is 0 Å². The molecular weight excluding hydrogens is 228 g/mol. The molecule has 0 radical (unpaired) electrons. The summed E-state index contributed by atoms with van der Waals surface area (Å²) in [6.07, 6.45) is 5.75. The smallest absolute Gasteiger partial charge is 0.254 e. The lowest BCUT2D eigenvalue weighted by Crippen LogP contribution is -2.21. The molecule has 0 spiro atoms. The number of nitrogens with zero attached hydrogens (tertiary/aromatic N) is 4. The van der Waals surface area contributed by atoms with Gasteiger partial charge < -0.3 is 4.57 Å². The third kappa shape index (κ3) is 2.30. The van der Waals surface area contributed by atoms with E-state index in [0.717, 1.165) is 5.82 Å². The van der Waals surface area contributed by atoms with Crippen LogP contribution in [0.1, 0.15) is 5.82 Å². The minimum Gasteiger partial charge on any atom is -0.338 e. The third-order valence-corrected chi connectivity index (χ3v) is 2.55. The van der Waals surface area contributed by atoms with E-state index >= 15 is 0 Å². The predicted octanol–water partition coefficient (Wildman–Crippen LogP) is 0.873. The molecule has 0 N–H and O–H groups in total. The molecule has 0 aromatic carbocycles. The Labute approximate surface area is 97.3 Å². The van der Waals surface area contributed by atoms with Gasteiger partial charge in [0.1, 0.15) is 11.0 Å². The van der Waals surface area contributed by atoms with Crippen molar-refractivity contribution in [3.8, 4) is 0 Å². The minimum atomic E-state index is -0.144. The maximum Gasteiger partial charge on any atom is 0.254 e. The van der Waals surface area contributed by atoms with Crippen molar-refractivity contribution in [1.82, 2.24) is 19.1 Å². The second kappa shape index (κ2) is 4.49. The third-order valence-electron chi connectivity index (χ3n) is 2.34. The summed E-state index contributed by atoms with van der Waals surface area (Å²) < 4.78 is 3.44. The van der Waals surface area contributed by atoms with E-state index in [1.54, 1.807) is 6.20 Å². The van der Waals surface area contributed by atoms with E-state index in [1.807, 2.05) is 17.8 Å². The van der Waals surface area contributed by atoms with Gasteiger partial charge >= 0.3 is 0 Å². The highest BCUT2D eigenvalue weighted by atomic mass is 35.5. The predicted molar refractivity (Wildman–Crippen MR) is 60.4 cm³/mol. The molecule has 2 aromatic rings. The summed E-state index contributed by atoms with van der Waals surface area (Å²) >= 11 is 5.60. The van der Waals surface area contributed by atoms with Crippen LogP contribution in [0.5, 0.6) is 0 Å². The molecule has 2 aromatic heterocycles. The van der Waals surface area contributed by atoms with Crippen molar-refractivity contribution < 1.29 is 0 Å². The van der Waals surface area contributed by atoms with Crippen LogP contribution in [-0.2, 0) is 20.0 Å². The SMILES string of the molecule is Cn1ccnc1CCn1cnc(Cl)cc1=O. The van der Waals surface area contributed by atoms with E-state index in [1.165, 1.54) is 17.0 Å². The summed E-state index contributed by atoms with van der Waals surface area (Å²) in [7, 11) is 1.92. The Kier molecular flexibility index (Phi) is 3.05. The molecule has 84 valence electrons. The fourth-order valence-corrected chi connectivity index (χ4v) is 1.57. The molecular formula is C10H11ClN4O. The molecule has 2 rings (SSSR count). The van der Waals surface area contributed by atoms with Crippen LogP contribution in [0.2, 0.25) is 5.15 Å². The molecule has 0 aliphatic rings. The number of aromatic nitrogens is 4. The number of imidazole rings is 1. The first-order chi connectivity index (χ1) is 7.66. The average molecular weight is 239 g/mol. The van der Waals surface area contributed by atoms with Crippen LogP contribution in [-0.4, -0.2) is 19.1 Å². The molecule has 5 nitrogen and oxygen atoms in total. The second-order valence-corrected chi connectivity index (χ2v) is 3.83. The van der Waals surface area contributed by atoms with Gasteiger partial charge in [0.25, 0.3) is 5.56 Å². The second-order valence-electron chi connectivity index (χ2n) is 3.45. The van der Waals surface area contributed by atoms with Crippen molar-refractivity contribution in [3.63, 3.8) is 0 Å². The molecule has 0 aliphatic heterocycles. The summed E-state index contributed by atoms with van der Waals surface area (Å²) in [5, 5.41) is 0.221. The van der Waals surface area contributed by atoms with Gasteiger partial charge in [-0.3, -0.25) is 9.36 Å². The van der Waals surface area contributed by atoms with Crippen LogP contribution in [0.25, 0.3) is 0 Å². The molecule has 0 atom stereocenters. The fraction of sp³-hybridized carbons (Fsp3) is 0.300. The Morgan fingerprint density at radius 2 is 2.25 bits per heavy atom. The van der Waals surface area contributed by atoms with Gasteiger partial charge in [-0.25, -0.2) is 9.97 Å². The van der Waals surface area contributed by atoms with Crippen LogP contribution in [0.3, 0.4) is 0 Å². The van der Waals surface area contributed by atoms with Crippen molar-refractivity contribution in [3.05, 3.63) is 46.1 Å². The molecule has 0 bridgehead atoms. The quantitative estimate of drug-likeness (QED) is 0.746. The van der Waals surface area contributed by atoms with E-state index in [-0.39, 0.29) is 10.7 Å². The first-order valence-electron chi connectivity index (χ1n) is 4.85. The lowest BCUT2D eigenvalue weighted by molar-refractivity contribution is 0.621. The van der Waals surface area contributed by atoms with Crippen molar-refractivity contribution in [2.45, 2.75) is 13.0 Å². The Bertz CT molecular complexity index is 546. The fourth-order valence-electron chi connectivity index (χ4n) is 1.43. The summed E-state index contributed by atoms with van der Waals surface area (Å²) in [4.78, 5) is 19.5. The molecule has 0 fully saturated rings. The van der Waals surface area contributed by atoms with Gasteiger partial charge in [0, 0.05) is 38.5 Å². The number of hydrogen-bond acceptors (Lipinski definition) is 3.